The molecule has 0 nitrogen and oxygen atoms in total. The SMILES string of the molecule is [2H]C(/C=C\C=C(/C)CC/C=C(\C)CC/C=C(\C)CCC=C(C)C)=C(/C([2H])([2H])[2H])C([2H])([2H])C/C=C(\C)CC/C=C(\C)CCC=C(C)C. The predicted octanol–water partition coefficient (Wildman–Crippen LogP) is 13.8. The highest BCUT2D eigenvalue weighted by molar-refractivity contribution is 5.19. The van der Waals surface area contributed by atoms with Crippen LogP contribution in [0.3, 0.4) is 0 Å². The van der Waals surface area contributed by atoms with Gasteiger partial charge in [0.1, 0.15) is 0 Å². The summed E-state index contributed by atoms with van der Waals surface area (Å²) >= 11 is 0. The van der Waals surface area contributed by atoms with Crippen LogP contribution in [0, 0.1) is 0 Å². The summed E-state index contributed by atoms with van der Waals surface area (Å²) in [5, 5.41) is 0. The smallest absolute Gasteiger partial charge is 0.0622 e. The molecule has 0 heteroatoms. The summed E-state index contributed by atoms with van der Waals surface area (Å²) in [5.74, 6) is 0. The Bertz CT molecular complexity index is 1200. The van der Waals surface area contributed by atoms with Crippen LogP contribution in [0.1, 0.15) is 154 Å². The van der Waals surface area contributed by atoms with Crippen LogP contribution in [0.25, 0.3) is 0 Å². The summed E-state index contributed by atoms with van der Waals surface area (Å²) in [6.07, 6.45) is 25.8. The second-order valence-corrected chi connectivity index (χ2v) is 11.7. The minimum atomic E-state index is -2.70. The molecule has 0 fully saturated rings. The maximum atomic E-state index is 8.59. The predicted molar refractivity (Wildman–Crippen MR) is 186 cm³/mol. The Kier molecular flexibility index (Phi) is 17.0. The van der Waals surface area contributed by atoms with Gasteiger partial charge in [-0.1, -0.05) is 105 Å². The van der Waals surface area contributed by atoms with Gasteiger partial charge in [-0.2, -0.15) is 0 Å². The molecular weight excluding hydrogens is 480 g/mol. The van der Waals surface area contributed by atoms with Crippen molar-refractivity contribution in [2.24, 2.45) is 0 Å². The van der Waals surface area contributed by atoms with E-state index in [1.807, 2.05) is 19.9 Å². The van der Waals surface area contributed by atoms with E-state index in [2.05, 4.69) is 78.8 Å². The summed E-state index contributed by atoms with van der Waals surface area (Å²) < 4.78 is 49.6. The Hall–Kier alpha value is -2.34. The van der Waals surface area contributed by atoms with Gasteiger partial charge in [-0.15, -0.1) is 0 Å². The molecule has 0 saturated carbocycles. The first-order valence-corrected chi connectivity index (χ1v) is 15.3. The highest BCUT2D eigenvalue weighted by Gasteiger charge is 1.95. The summed E-state index contributed by atoms with van der Waals surface area (Å²) in [6.45, 7) is 16.3. The van der Waals surface area contributed by atoms with Crippen molar-refractivity contribution in [2.45, 2.75) is 146 Å². The third-order valence-electron chi connectivity index (χ3n) is 6.71. The van der Waals surface area contributed by atoms with Crippen LogP contribution in [0.4, 0.5) is 0 Å². The van der Waals surface area contributed by atoms with Gasteiger partial charge in [-0.3, -0.25) is 0 Å². The summed E-state index contributed by atoms with van der Waals surface area (Å²) in [4.78, 5) is 0. The maximum Gasteiger partial charge on any atom is 0.0622 e. The molecule has 0 aromatic heterocycles. The fourth-order valence-electron chi connectivity index (χ4n) is 4.03. The lowest BCUT2D eigenvalue weighted by molar-refractivity contribution is 0.900. The molecule has 0 aliphatic rings. The standard InChI is InChI=1S/C40H64/c1-33(2)19-13-23-37(7)27-17-31-39(9)29-15-25-35(5)21-11-12-22-36(6)26-16-30-40(10)32-18-28-38(8)24-14-20-34(3)4/h11-12,19-22,27-30H,13-18,23-26,31-32H2,1-10H3/b12-11-,35-21+,36-22+,37-27+,38-28+,39-29+,40-30+/i5D3,21D,25D2. The van der Waals surface area contributed by atoms with Gasteiger partial charge in [0.2, 0.25) is 0 Å². The zero-order valence-corrected chi connectivity index (χ0v) is 27.5. The van der Waals surface area contributed by atoms with Crippen molar-refractivity contribution in [1.29, 1.82) is 0 Å². The van der Waals surface area contributed by atoms with Crippen LogP contribution in [0.2, 0.25) is 0 Å². The van der Waals surface area contributed by atoms with Crippen molar-refractivity contribution in [2.75, 3.05) is 0 Å². The molecule has 0 N–H and O–H groups in total. The fourth-order valence-corrected chi connectivity index (χ4v) is 4.03. The number of allylic oxidation sites excluding steroid dienone is 18. The molecule has 0 aliphatic heterocycles. The number of rotatable bonds is 20. The molecule has 0 rings (SSSR count). The van der Waals surface area contributed by atoms with Crippen molar-refractivity contribution < 1.29 is 8.22 Å². The molecule has 0 unspecified atom stereocenters. The second kappa shape index (κ2) is 24.5. The van der Waals surface area contributed by atoms with E-state index in [4.69, 9.17) is 8.22 Å². The van der Waals surface area contributed by atoms with Crippen molar-refractivity contribution >= 4 is 0 Å². The van der Waals surface area contributed by atoms with E-state index in [1.165, 1.54) is 33.9 Å². The van der Waals surface area contributed by atoms with Gasteiger partial charge in [-0.05, 0) is 146 Å². The Balaban J connectivity index is 5.20. The fraction of sp³-hybridized carbons (Fsp3) is 0.550. The third-order valence-corrected chi connectivity index (χ3v) is 6.71. The van der Waals surface area contributed by atoms with E-state index in [-0.39, 0.29) is 12.5 Å². The van der Waals surface area contributed by atoms with Crippen molar-refractivity contribution in [3.63, 3.8) is 0 Å². The van der Waals surface area contributed by atoms with Gasteiger partial charge >= 0.3 is 0 Å². The molecule has 0 aliphatic carbocycles. The lowest BCUT2D eigenvalue weighted by atomic mass is 10.0. The molecule has 0 bridgehead atoms. The van der Waals surface area contributed by atoms with E-state index < -0.39 is 18.8 Å². The summed E-state index contributed by atoms with van der Waals surface area (Å²) in [6, 6.07) is -0.282. The highest BCUT2D eigenvalue weighted by Crippen LogP contribution is 2.15. The van der Waals surface area contributed by atoms with E-state index in [9.17, 15) is 0 Å². The van der Waals surface area contributed by atoms with Crippen molar-refractivity contribution in [3.05, 3.63) is 105 Å². The van der Waals surface area contributed by atoms with Crippen LogP contribution in [0.15, 0.2) is 105 Å². The van der Waals surface area contributed by atoms with Gasteiger partial charge in [0.25, 0.3) is 0 Å². The normalized spacial score (nSPS) is 17.4. The molecule has 0 aromatic carbocycles. The Morgan fingerprint density at radius 1 is 0.475 bits per heavy atom. The van der Waals surface area contributed by atoms with Gasteiger partial charge < -0.3 is 0 Å². The lowest BCUT2D eigenvalue weighted by Crippen LogP contribution is -1.82. The number of hydrogen-bond donors (Lipinski definition) is 0. The molecule has 0 aromatic rings. The highest BCUT2D eigenvalue weighted by atomic mass is 14.0. The topological polar surface area (TPSA) is 0 Å². The maximum absolute atomic E-state index is 8.59. The Morgan fingerprint density at radius 2 is 0.850 bits per heavy atom. The largest absolute Gasteiger partial charge is 0.0856 e. The molecule has 0 heterocycles. The molecule has 0 spiro atoms. The van der Waals surface area contributed by atoms with Crippen molar-refractivity contribution in [1.82, 2.24) is 0 Å². The lowest BCUT2D eigenvalue weighted by Gasteiger charge is -2.02. The third kappa shape index (κ3) is 25.9. The molecule has 0 radical (unpaired) electrons. The monoisotopic (exact) mass is 551 g/mol. The molecule has 0 amide bonds. The van der Waals surface area contributed by atoms with Gasteiger partial charge in [0, 0.05) is 6.85 Å². The summed E-state index contributed by atoms with van der Waals surface area (Å²) in [5.41, 5.74) is 8.57. The van der Waals surface area contributed by atoms with Crippen LogP contribution in [-0.4, -0.2) is 0 Å². The minimum Gasteiger partial charge on any atom is -0.0856 e. The van der Waals surface area contributed by atoms with E-state index >= 15 is 0 Å². The van der Waals surface area contributed by atoms with E-state index in [0.717, 1.165) is 75.4 Å². The van der Waals surface area contributed by atoms with Crippen LogP contribution in [0.5, 0.6) is 0 Å². The quantitative estimate of drug-likeness (QED) is 0.104. The van der Waals surface area contributed by atoms with Crippen LogP contribution < -0.4 is 0 Å². The van der Waals surface area contributed by atoms with Crippen molar-refractivity contribution in [3.8, 4) is 0 Å². The minimum absolute atomic E-state index is 0.0716. The zero-order valence-electron chi connectivity index (χ0n) is 33.5. The first-order chi connectivity index (χ1) is 21.3. The van der Waals surface area contributed by atoms with E-state index in [0.29, 0.717) is 0 Å². The van der Waals surface area contributed by atoms with Crippen LogP contribution in [-0.2, 0) is 0 Å². The molecular formula is C40H64. The molecule has 224 valence electrons. The zero-order chi connectivity index (χ0) is 35.3. The average Bonchev–Trinajstić information content (AvgIpc) is 2.90. The van der Waals surface area contributed by atoms with Gasteiger partial charge in [-0.25, -0.2) is 0 Å². The van der Waals surface area contributed by atoms with Gasteiger partial charge in [0.15, 0.2) is 0 Å². The Labute approximate surface area is 259 Å². The first kappa shape index (κ1) is 27.8. The van der Waals surface area contributed by atoms with E-state index in [1.54, 1.807) is 12.2 Å². The van der Waals surface area contributed by atoms with Gasteiger partial charge in [0.05, 0.1) is 1.37 Å². The average molecular weight is 551 g/mol. The first-order valence-electron chi connectivity index (χ1n) is 18.3. The Morgan fingerprint density at radius 3 is 1.25 bits per heavy atom. The molecule has 0 atom stereocenters. The summed E-state index contributed by atoms with van der Waals surface area (Å²) in [7, 11) is 0. The second-order valence-electron chi connectivity index (χ2n) is 11.7. The number of hydrogen-bond acceptors (Lipinski definition) is 0. The molecule has 0 saturated heterocycles. The molecule has 40 heavy (non-hydrogen) atoms. The van der Waals surface area contributed by atoms with Crippen LogP contribution >= 0.6 is 0 Å².